The van der Waals surface area contributed by atoms with E-state index in [1.54, 1.807) is 0 Å². The van der Waals surface area contributed by atoms with Gasteiger partial charge in [-0.15, -0.1) is 5.10 Å². The molecule has 0 spiro atoms. The molecule has 0 bridgehead atoms. The molecule has 0 saturated heterocycles. The van der Waals surface area contributed by atoms with Gasteiger partial charge < -0.3 is 10.5 Å². The number of benzene rings is 2. The molecule has 1 atom stereocenters. The summed E-state index contributed by atoms with van der Waals surface area (Å²) in [6.07, 6.45) is 0. The molecule has 3 N–H and O–H groups in total. The lowest BCUT2D eigenvalue weighted by atomic mass is 9.82. The number of hydrogen-bond acceptors (Lipinski definition) is 6. The Hall–Kier alpha value is -3.90. The summed E-state index contributed by atoms with van der Waals surface area (Å²) >= 11 is 6.26. The molecular formula is C19H11ClFN5O3. The van der Waals surface area contributed by atoms with Crippen LogP contribution in [0, 0.1) is 27.3 Å². The van der Waals surface area contributed by atoms with E-state index in [0.717, 1.165) is 0 Å². The van der Waals surface area contributed by atoms with E-state index in [1.165, 1.54) is 42.5 Å². The molecule has 144 valence electrons. The van der Waals surface area contributed by atoms with Gasteiger partial charge in [-0.2, -0.15) is 5.26 Å². The minimum absolute atomic E-state index is 0.0194. The number of allylic oxidation sites excluding steroid dienone is 1. The predicted molar refractivity (Wildman–Crippen MR) is 101 cm³/mol. The van der Waals surface area contributed by atoms with E-state index in [9.17, 15) is 19.8 Å². The number of nitro benzene ring substituents is 1. The summed E-state index contributed by atoms with van der Waals surface area (Å²) in [6.45, 7) is 0. The lowest BCUT2D eigenvalue weighted by molar-refractivity contribution is -0.384. The van der Waals surface area contributed by atoms with Crippen molar-refractivity contribution in [2.75, 3.05) is 0 Å². The monoisotopic (exact) mass is 411 g/mol. The molecule has 1 aliphatic heterocycles. The third-order valence-corrected chi connectivity index (χ3v) is 4.92. The van der Waals surface area contributed by atoms with Gasteiger partial charge in [-0.25, -0.2) is 4.39 Å². The normalized spacial score (nSPS) is 15.4. The largest absolute Gasteiger partial charge is 0.420 e. The molecule has 8 nitrogen and oxygen atoms in total. The number of fused-ring (bicyclic) bond motifs is 1. The summed E-state index contributed by atoms with van der Waals surface area (Å²) < 4.78 is 20.2. The smallest absolute Gasteiger partial charge is 0.269 e. The highest BCUT2D eigenvalue weighted by atomic mass is 35.5. The van der Waals surface area contributed by atoms with Crippen LogP contribution in [0.2, 0.25) is 5.02 Å². The first-order valence-electron chi connectivity index (χ1n) is 8.27. The van der Waals surface area contributed by atoms with E-state index in [0.29, 0.717) is 16.8 Å². The maximum absolute atomic E-state index is 14.7. The first-order valence-corrected chi connectivity index (χ1v) is 8.64. The Morgan fingerprint density at radius 2 is 2.00 bits per heavy atom. The average molecular weight is 412 g/mol. The number of aromatic nitrogens is 2. The standard InChI is InChI=1S/C19H11ClFN5O3/c20-12-2-1-3-13(21)15(12)14-11(8-22)18(23)29-19-16(14)17(24-25-19)9-4-6-10(7-5-9)26(27)28/h1-7,14H,23H2,(H,24,25)/t14-/m0/s1. The molecule has 1 aromatic heterocycles. The van der Waals surface area contributed by atoms with Crippen LogP contribution in [0.15, 0.2) is 53.9 Å². The Balaban J connectivity index is 1.95. The van der Waals surface area contributed by atoms with Gasteiger partial charge in [0.05, 0.1) is 22.1 Å². The second kappa shape index (κ2) is 6.92. The highest BCUT2D eigenvalue weighted by molar-refractivity contribution is 6.31. The number of hydrogen-bond donors (Lipinski definition) is 2. The number of nitro groups is 1. The molecule has 0 amide bonds. The van der Waals surface area contributed by atoms with Gasteiger partial charge in [0.1, 0.15) is 17.5 Å². The van der Waals surface area contributed by atoms with Crippen LogP contribution in [-0.2, 0) is 0 Å². The summed E-state index contributed by atoms with van der Waals surface area (Å²) in [5, 5.41) is 27.5. The minimum Gasteiger partial charge on any atom is -0.420 e. The fourth-order valence-electron chi connectivity index (χ4n) is 3.29. The van der Waals surface area contributed by atoms with Gasteiger partial charge >= 0.3 is 0 Å². The van der Waals surface area contributed by atoms with Gasteiger partial charge in [-0.05, 0) is 24.3 Å². The van der Waals surface area contributed by atoms with Crippen LogP contribution in [0.5, 0.6) is 5.88 Å². The van der Waals surface area contributed by atoms with Crippen molar-refractivity contribution in [2.24, 2.45) is 5.73 Å². The summed E-state index contributed by atoms with van der Waals surface area (Å²) in [6, 6.07) is 11.8. The molecule has 1 aliphatic rings. The fourth-order valence-corrected chi connectivity index (χ4v) is 3.56. The van der Waals surface area contributed by atoms with E-state index in [4.69, 9.17) is 22.1 Å². The SMILES string of the molecule is N#CC1=C(N)Oc2n[nH]c(-c3ccc([N+](=O)[O-])cc3)c2[C@@H]1c1c(F)cccc1Cl. The maximum atomic E-state index is 14.7. The molecule has 0 radical (unpaired) electrons. The Morgan fingerprint density at radius 3 is 2.62 bits per heavy atom. The number of non-ortho nitro benzene ring substituents is 1. The first kappa shape index (κ1) is 18.5. The van der Waals surface area contributed by atoms with Crippen molar-refractivity contribution < 1.29 is 14.1 Å². The lowest BCUT2D eigenvalue weighted by Crippen LogP contribution is -2.21. The van der Waals surface area contributed by atoms with Gasteiger partial charge in [0.2, 0.25) is 11.8 Å². The lowest BCUT2D eigenvalue weighted by Gasteiger charge is -2.25. The Labute approximate surface area is 168 Å². The van der Waals surface area contributed by atoms with Crippen molar-refractivity contribution in [1.82, 2.24) is 10.2 Å². The Kier molecular flexibility index (Phi) is 4.41. The third-order valence-electron chi connectivity index (χ3n) is 4.59. The number of nitrogens with two attached hydrogens (primary N) is 1. The van der Waals surface area contributed by atoms with Gasteiger partial charge in [0.15, 0.2) is 0 Å². The van der Waals surface area contributed by atoms with Crippen molar-refractivity contribution in [2.45, 2.75) is 5.92 Å². The van der Waals surface area contributed by atoms with Crippen molar-refractivity contribution in [3.05, 3.63) is 86.0 Å². The van der Waals surface area contributed by atoms with E-state index in [2.05, 4.69) is 10.2 Å². The molecule has 0 aliphatic carbocycles. The average Bonchev–Trinajstić information content (AvgIpc) is 3.11. The maximum Gasteiger partial charge on any atom is 0.269 e. The van der Waals surface area contributed by atoms with E-state index < -0.39 is 16.7 Å². The fraction of sp³-hybridized carbons (Fsp3) is 0.0526. The molecule has 0 saturated carbocycles. The Morgan fingerprint density at radius 1 is 1.28 bits per heavy atom. The molecule has 3 aromatic rings. The van der Waals surface area contributed by atoms with Gasteiger partial charge in [-0.3, -0.25) is 15.2 Å². The van der Waals surface area contributed by atoms with E-state index >= 15 is 0 Å². The second-order valence-corrected chi connectivity index (χ2v) is 6.59. The van der Waals surface area contributed by atoms with E-state index in [1.807, 2.05) is 6.07 Å². The topological polar surface area (TPSA) is 131 Å². The number of H-pyrrole nitrogens is 1. The number of halogens is 2. The van der Waals surface area contributed by atoms with Gasteiger partial charge in [-0.1, -0.05) is 17.7 Å². The molecule has 2 aromatic carbocycles. The molecule has 29 heavy (non-hydrogen) atoms. The zero-order valence-electron chi connectivity index (χ0n) is 14.5. The van der Waals surface area contributed by atoms with Crippen molar-refractivity contribution in [3.8, 4) is 23.2 Å². The number of aromatic amines is 1. The number of nitriles is 1. The number of rotatable bonds is 3. The number of nitrogens with zero attached hydrogens (tertiary/aromatic N) is 3. The molecule has 0 fully saturated rings. The van der Waals surface area contributed by atoms with Gasteiger partial charge in [0, 0.05) is 28.3 Å². The molecular weight excluding hydrogens is 401 g/mol. The Bertz CT molecular complexity index is 1190. The molecule has 0 unspecified atom stereocenters. The molecule has 2 heterocycles. The summed E-state index contributed by atoms with van der Waals surface area (Å²) in [5.74, 6) is -1.72. The summed E-state index contributed by atoms with van der Waals surface area (Å²) in [4.78, 5) is 10.4. The van der Waals surface area contributed by atoms with E-state index in [-0.39, 0.29) is 33.6 Å². The van der Waals surface area contributed by atoms with Crippen LogP contribution < -0.4 is 10.5 Å². The highest BCUT2D eigenvalue weighted by Crippen LogP contribution is 2.47. The number of nitrogens with one attached hydrogen (secondary N) is 1. The second-order valence-electron chi connectivity index (χ2n) is 6.18. The van der Waals surface area contributed by atoms with Crippen molar-refractivity contribution >= 4 is 17.3 Å². The first-order chi connectivity index (χ1) is 13.9. The summed E-state index contributed by atoms with van der Waals surface area (Å²) in [5.41, 5.74) is 7.11. The van der Waals surface area contributed by atoms with Crippen molar-refractivity contribution in [1.29, 1.82) is 5.26 Å². The van der Waals surface area contributed by atoms with Gasteiger partial charge in [0.25, 0.3) is 5.69 Å². The summed E-state index contributed by atoms with van der Waals surface area (Å²) in [7, 11) is 0. The molecule has 10 heteroatoms. The van der Waals surface area contributed by atoms with Crippen LogP contribution in [0.1, 0.15) is 17.0 Å². The molecule has 4 rings (SSSR count). The van der Waals surface area contributed by atoms with Crippen LogP contribution in [-0.4, -0.2) is 15.1 Å². The minimum atomic E-state index is -0.971. The van der Waals surface area contributed by atoms with Crippen LogP contribution >= 0.6 is 11.6 Å². The van der Waals surface area contributed by atoms with Crippen LogP contribution in [0.4, 0.5) is 10.1 Å². The third kappa shape index (κ3) is 2.96. The van der Waals surface area contributed by atoms with Crippen LogP contribution in [0.3, 0.4) is 0 Å². The van der Waals surface area contributed by atoms with Crippen molar-refractivity contribution in [3.63, 3.8) is 0 Å². The number of ether oxygens (including phenoxy) is 1. The van der Waals surface area contributed by atoms with Crippen LogP contribution in [0.25, 0.3) is 11.3 Å². The quantitative estimate of drug-likeness (QED) is 0.494. The zero-order chi connectivity index (χ0) is 20.7. The zero-order valence-corrected chi connectivity index (χ0v) is 15.3. The highest BCUT2D eigenvalue weighted by Gasteiger charge is 2.38. The predicted octanol–water partition coefficient (Wildman–Crippen LogP) is 4.00.